The molecule has 1 unspecified atom stereocenters. The first kappa shape index (κ1) is 15.4. The first-order chi connectivity index (χ1) is 11.1. The molecule has 3 rings (SSSR count). The number of rotatable bonds is 5. The van der Waals surface area contributed by atoms with Gasteiger partial charge in [-0.2, -0.15) is 5.10 Å². The van der Waals surface area contributed by atoms with Gasteiger partial charge in [0.05, 0.1) is 11.9 Å². The van der Waals surface area contributed by atoms with Crippen molar-refractivity contribution in [2.45, 2.75) is 19.5 Å². The summed E-state index contributed by atoms with van der Waals surface area (Å²) in [5, 5.41) is 7.61. The molecule has 0 aliphatic heterocycles. The number of aromatic nitrogens is 2. The normalized spacial score (nSPS) is 12.3. The predicted octanol–water partition coefficient (Wildman–Crippen LogP) is 4.00. The summed E-state index contributed by atoms with van der Waals surface area (Å²) >= 11 is 0. The van der Waals surface area contributed by atoms with Crippen LogP contribution in [0, 0.1) is 11.6 Å². The first-order valence-electron chi connectivity index (χ1n) is 7.41. The van der Waals surface area contributed by atoms with Crippen LogP contribution < -0.4 is 5.32 Å². The number of halogens is 2. The van der Waals surface area contributed by atoms with E-state index in [-0.39, 0.29) is 6.04 Å². The summed E-state index contributed by atoms with van der Waals surface area (Å²) in [6.07, 6.45) is 3.73. The lowest BCUT2D eigenvalue weighted by atomic mass is 10.1. The number of hydrogen-bond donors (Lipinski definition) is 1. The Morgan fingerprint density at radius 3 is 2.61 bits per heavy atom. The quantitative estimate of drug-likeness (QED) is 0.771. The van der Waals surface area contributed by atoms with Crippen molar-refractivity contribution in [3.8, 4) is 5.69 Å². The second-order valence-corrected chi connectivity index (χ2v) is 5.40. The van der Waals surface area contributed by atoms with Crippen molar-refractivity contribution in [1.82, 2.24) is 15.1 Å². The van der Waals surface area contributed by atoms with E-state index in [0.717, 1.165) is 17.3 Å². The van der Waals surface area contributed by atoms with Crippen LogP contribution in [0.15, 0.2) is 60.9 Å². The molecule has 0 aliphatic rings. The van der Waals surface area contributed by atoms with Crippen LogP contribution in [0.5, 0.6) is 0 Å². The molecule has 3 nitrogen and oxygen atoms in total. The van der Waals surface area contributed by atoms with E-state index in [4.69, 9.17) is 0 Å². The molecular weight excluding hydrogens is 296 g/mol. The highest BCUT2D eigenvalue weighted by Gasteiger charge is 2.09. The van der Waals surface area contributed by atoms with E-state index in [1.807, 2.05) is 43.5 Å². The number of hydrogen-bond acceptors (Lipinski definition) is 2. The van der Waals surface area contributed by atoms with E-state index in [1.165, 1.54) is 6.07 Å². The largest absolute Gasteiger partial charge is 0.306 e. The standard InChI is InChI=1S/C18H17F2N3/c1-13(15-7-8-17(19)18(20)9-15)21-10-14-11-22-23(12-14)16-5-3-2-4-6-16/h2-9,11-13,21H,10H2,1H3. The lowest BCUT2D eigenvalue weighted by Crippen LogP contribution is -2.18. The summed E-state index contributed by atoms with van der Waals surface area (Å²) < 4.78 is 28.1. The van der Waals surface area contributed by atoms with Gasteiger partial charge in [0.25, 0.3) is 0 Å². The SMILES string of the molecule is CC(NCc1cnn(-c2ccccc2)c1)c1ccc(F)c(F)c1. The second-order valence-electron chi connectivity index (χ2n) is 5.40. The monoisotopic (exact) mass is 313 g/mol. The molecule has 1 atom stereocenters. The molecule has 0 saturated carbocycles. The van der Waals surface area contributed by atoms with Gasteiger partial charge in [-0.3, -0.25) is 0 Å². The second kappa shape index (κ2) is 6.71. The summed E-state index contributed by atoms with van der Waals surface area (Å²) in [5.41, 5.74) is 2.72. The number of nitrogens with one attached hydrogen (secondary N) is 1. The fraction of sp³-hybridized carbons (Fsp3) is 0.167. The Labute approximate surface area is 133 Å². The van der Waals surface area contributed by atoms with Gasteiger partial charge >= 0.3 is 0 Å². The lowest BCUT2D eigenvalue weighted by Gasteiger charge is -2.13. The van der Waals surface area contributed by atoms with Crippen molar-refractivity contribution in [2.24, 2.45) is 0 Å². The molecule has 0 aliphatic carbocycles. The average Bonchev–Trinajstić information content (AvgIpc) is 3.05. The zero-order valence-electron chi connectivity index (χ0n) is 12.7. The highest BCUT2D eigenvalue weighted by Crippen LogP contribution is 2.16. The van der Waals surface area contributed by atoms with Crippen molar-refractivity contribution >= 4 is 0 Å². The van der Waals surface area contributed by atoms with Crippen LogP contribution in [0.4, 0.5) is 8.78 Å². The van der Waals surface area contributed by atoms with E-state index >= 15 is 0 Å². The Kier molecular flexibility index (Phi) is 4.48. The molecule has 1 aromatic heterocycles. The third-order valence-corrected chi connectivity index (χ3v) is 3.71. The molecule has 1 heterocycles. The summed E-state index contributed by atoms with van der Waals surface area (Å²) in [7, 11) is 0. The minimum Gasteiger partial charge on any atom is -0.306 e. The summed E-state index contributed by atoms with van der Waals surface area (Å²) in [6, 6.07) is 13.7. The van der Waals surface area contributed by atoms with Crippen LogP contribution in [-0.4, -0.2) is 9.78 Å². The fourth-order valence-corrected chi connectivity index (χ4v) is 2.34. The van der Waals surface area contributed by atoms with E-state index in [0.29, 0.717) is 12.1 Å². The minimum absolute atomic E-state index is 0.0924. The van der Waals surface area contributed by atoms with Crippen molar-refractivity contribution in [1.29, 1.82) is 0 Å². The van der Waals surface area contributed by atoms with Crippen LogP contribution in [-0.2, 0) is 6.54 Å². The maximum atomic E-state index is 13.3. The molecule has 2 aromatic carbocycles. The van der Waals surface area contributed by atoms with Crippen LogP contribution in [0.3, 0.4) is 0 Å². The number of nitrogens with zero attached hydrogens (tertiary/aromatic N) is 2. The molecule has 0 fully saturated rings. The Bertz CT molecular complexity index is 784. The molecule has 5 heteroatoms. The zero-order valence-corrected chi connectivity index (χ0v) is 12.7. The van der Waals surface area contributed by atoms with Crippen LogP contribution in [0.1, 0.15) is 24.1 Å². The highest BCUT2D eigenvalue weighted by molar-refractivity contribution is 5.31. The van der Waals surface area contributed by atoms with Gasteiger partial charge in [-0.25, -0.2) is 13.5 Å². The maximum Gasteiger partial charge on any atom is 0.159 e. The molecule has 0 radical (unpaired) electrons. The molecule has 1 N–H and O–H groups in total. The predicted molar refractivity (Wildman–Crippen MR) is 85.2 cm³/mol. The third kappa shape index (κ3) is 3.63. The van der Waals surface area contributed by atoms with Gasteiger partial charge in [0, 0.05) is 24.3 Å². The topological polar surface area (TPSA) is 29.9 Å². The molecule has 23 heavy (non-hydrogen) atoms. The van der Waals surface area contributed by atoms with E-state index < -0.39 is 11.6 Å². The summed E-state index contributed by atoms with van der Waals surface area (Å²) in [5.74, 6) is -1.65. The van der Waals surface area contributed by atoms with Gasteiger partial charge in [0.2, 0.25) is 0 Å². The Balaban J connectivity index is 1.64. The average molecular weight is 313 g/mol. The Morgan fingerprint density at radius 2 is 1.87 bits per heavy atom. The van der Waals surface area contributed by atoms with Gasteiger partial charge in [-0.15, -0.1) is 0 Å². The highest BCUT2D eigenvalue weighted by atomic mass is 19.2. The first-order valence-corrected chi connectivity index (χ1v) is 7.41. The van der Waals surface area contributed by atoms with Gasteiger partial charge in [0.1, 0.15) is 0 Å². The number of benzene rings is 2. The van der Waals surface area contributed by atoms with Crippen molar-refractivity contribution in [2.75, 3.05) is 0 Å². The van der Waals surface area contributed by atoms with Crippen molar-refractivity contribution in [3.05, 3.63) is 83.7 Å². The zero-order chi connectivity index (χ0) is 16.2. The minimum atomic E-state index is -0.829. The Hall–Kier alpha value is -2.53. The third-order valence-electron chi connectivity index (χ3n) is 3.71. The Morgan fingerprint density at radius 1 is 1.09 bits per heavy atom. The molecule has 0 spiro atoms. The molecule has 118 valence electrons. The molecule has 3 aromatic rings. The fourth-order valence-electron chi connectivity index (χ4n) is 2.34. The van der Waals surface area contributed by atoms with E-state index in [1.54, 1.807) is 16.9 Å². The summed E-state index contributed by atoms with van der Waals surface area (Å²) in [6.45, 7) is 2.50. The molecule has 0 saturated heterocycles. The molecule has 0 bridgehead atoms. The van der Waals surface area contributed by atoms with Gasteiger partial charge in [0.15, 0.2) is 11.6 Å². The van der Waals surface area contributed by atoms with Crippen molar-refractivity contribution < 1.29 is 8.78 Å². The van der Waals surface area contributed by atoms with Gasteiger partial charge in [-0.05, 0) is 36.8 Å². The van der Waals surface area contributed by atoms with Gasteiger partial charge in [-0.1, -0.05) is 24.3 Å². The smallest absolute Gasteiger partial charge is 0.159 e. The van der Waals surface area contributed by atoms with E-state index in [9.17, 15) is 8.78 Å². The lowest BCUT2D eigenvalue weighted by molar-refractivity contribution is 0.500. The van der Waals surface area contributed by atoms with Crippen molar-refractivity contribution in [3.63, 3.8) is 0 Å². The van der Waals surface area contributed by atoms with Crippen LogP contribution in [0.25, 0.3) is 5.69 Å². The van der Waals surface area contributed by atoms with E-state index in [2.05, 4.69) is 10.4 Å². The van der Waals surface area contributed by atoms with Crippen LogP contribution in [0.2, 0.25) is 0 Å². The molecular formula is C18H17F2N3. The number of para-hydroxylation sites is 1. The molecule has 0 amide bonds. The maximum absolute atomic E-state index is 13.3. The summed E-state index contributed by atoms with van der Waals surface area (Å²) in [4.78, 5) is 0. The van der Waals surface area contributed by atoms with Gasteiger partial charge < -0.3 is 5.32 Å². The van der Waals surface area contributed by atoms with Crippen LogP contribution >= 0.6 is 0 Å².